The Morgan fingerprint density at radius 1 is 0.707 bits per heavy atom. The van der Waals surface area contributed by atoms with Gasteiger partial charge in [-0.25, -0.2) is 0 Å². The van der Waals surface area contributed by atoms with Gasteiger partial charge in [-0.05, 0) is 59.7 Å². The normalized spacial score (nSPS) is 17.1. The summed E-state index contributed by atoms with van der Waals surface area (Å²) >= 11 is 0. The summed E-state index contributed by atoms with van der Waals surface area (Å²) in [6, 6.07) is 39.0. The van der Waals surface area contributed by atoms with E-state index in [1.54, 1.807) is 0 Å². The van der Waals surface area contributed by atoms with E-state index in [1.807, 2.05) is 12.3 Å². The van der Waals surface area contributed by atoms with E-state index in [0.29, 0.717) is 0 Å². The number of para-hydroxylation sites is 2. The highest BCUT2D eigenvalue weighted by molar-refractivity contribution is 6.14. The summed E-state index contributed by atoms with van der Waals surface area (Å²) in [4.78, 5) is 4.93. The first-order valence-corrected chi connectivity index (χ1v) is 14.0. The molecule has 0 N–H and O–H groups in total. The van der Waals surface area contributed by atoms with Crippen molar-refractivity contribution in [3.05, 3.63) is 133 Å². The highest BCUT2D eigenvalue weighted by Gasteiger charge is 2.69. The molecule has 0 fully saturated rings. The second-order valence-corrected chi connectivity index (χ2v) is 11.2. The van der Waals surface area contributed by atoms with E-state index in [0.717, 1.165) is 27.9 Å². The lowest BCUT2D eigenvalue weighted by molar-refractivity contribution is -0.940. The molecule has 0 saturated heterocycles. The van der Waals surface area contributed by atoms with Crippen LogP contribution in [0.25, 0.3) is 60.9 Å². The number of fused-ring (bicyclic) bond motifs is 8. The molecule has 1 unspecified atom stereocenters. The van der Waals surface area contributed by atoms with Crippen LogP contribution in [0.1, 0.15) is 11.1 Å². The van der Waals surface area contributed by atoms with E-state index in [-0.39, 0.29) is 0 Å². The van der Waals surface area contributed by atoms with Crippen LogP contribution in [0.2, 0.25) is 0 Å². The minimum atomic E-state index is -0.627. The average Bonchev–Trinajstić information content (AvgIpc) is 3.65. The topological polar surface area (TPSA) is 34.3 Å². The first-order chi connectivity index (χ1) is 20.4. The largest absolute Gasteiger partial charge is 0.456 e. The lowest BCUT2D eigenvalue weighted by Crippen LogP contribution is -2.71. The first kappa shape index (κ1) is 20.4. The van der Waals surface area contributed by atoms with Crippen LogP contribution in [0.4, 0.5) is 0 Å². The standard InChI is InChI=1S/C36H20N4O/c1-2-8-21(9-3-1)22-17-19-38-28(20-22)23-10-6-14-29-32(23)36(38)33-30(41-29)16-15-24-31(33)35-39(27-13-7-18-37-34(24)27)25-11-4-5-12-26(25)40(35)36/h1-20H/q+2. The number of benzene rings is 4. The number of aromatic nitrogens is 4. The molecule has 1 spiro atoms. The van der Waals surface area contributed by atoms with Gasteiger partial charge in [0.1, 0.15) is 28.1 Å². The quantitative estimate of drug-likeness (QED) is 0.176. The molecule has 1 atom stereocenters. The smallest absolute Gasteiger partial charge is 0.372 e. The maximum absolute atomic E-state index is 6.76. The molecular formula is C36H20N4O+2. The SMILES string of the molecule is c1ccc(-c2cc[n+]3c(c2)-c2cccc4c2C32c3c(ccc5c6ncccc6n6c7ccccc7[n+]2c6c35)O4)cc1. The molecule has 4 aromatic heterocycles. The Morgan fingerprint density at radius 2 is 1.56 bits per heavy atom. The van der Waals surface area contributed by atoms with Crippen molar-refractivity contribution in [2.45, 2.75) is 5.66 Å². The molecule has 0 saturated carbocycles. The zero-order chi connectivity index (χ0) is 26.4. The zero-order valence-corrected chi connectivity index (χ0v) is 21.7. The number of nitrogens with zero attached hydrogens (tertiary/aromatic N) is 4. The minimum absolute atomic E-state index is 0.627. The Hall–Kier alpha value is -5.55. The monoisotopic (exact) mass is 524 g/mol. The van der Waals surface area contributed by atoms with E-state index in [9.17, 15) is 0 Å². The highest BCUT2D eigenvalue weighted by atomic mass is 16.5. The van der Waals surface area contributed by atoms with Crippen LogP contribution in [0.3, 0.4) is 0 Å². The molecule has 5 nitrogen and oxygen atoms in total. The third-order valence-electron chi connectivity index (χ3n) is 9.41. The van der Waals surface area contributed by atoms with Gasteiger partial charge in [0.05, 0.1) is 10.9 Å². The summed E-state index contributed by atoms with van der Waals surface area (Å²) in [6.45, 7) is 0. The molecule has 0 bridgehead atoms. The molecule has 4 aromatic carbocycles. The van der Waals surface area contributed by atoms with Gasteiger partial charge in [-0.1, -0.05) is 48.5 Å². The molecule has 0 aliphatic carbocycles. The van der Waals surface area contributed by atoms with Crippen LogP contribution in [-0.4, -0.2) is 9.38 Å². The van der Waals surface area contributed by atoms with Crippen molar-refractivity contribution in [3.63, 3.8) is 0 Å². The Balaban J connectivity index is 1.42. The number of imidazole rings is 1. The van der Waals surface area contributed by atoms with Crippen LogP contribution < -0.4 is 13.9 Å². The number of rotatable bonds is 1. The number of hydrogen-bond acceptors (Lipinski definition) is 2. The first-order valence-electron chi connectivity index (χ1n) is 14.0. The number of hydrogen-bond donors (Lipinski definition) is 0. The van der Waals surface area contributed by atoms with E-state index >= 15 is 0 Å². The molecule has 3 aliphatic rings. The van der Waals surface area contributed by atoms with Crippen molar-refractivity contribution in [2.75, 3.05) is 0 Å². The molecular weight excluding hydrogens is 504 g/mol. The summed E-state index contributed by atoms with van der Waals surface area (Å²) in [7, 11) is 0. The zero-order valence-electron chi connectivity index (χ0n) is 21.7. The molecule has 5 heteroatoms. The second kappa shape index (κ2) is 6.60. The van der Waals surface area contributed by atoms with Gasteiger partial charge in [-0.15, -0.1) is 9.13 Å². The van der Waals surface area contributed by atoms with Gasteiger partial charge in [0, 0.05) is 23.7 Å². The second-order valence-electron chi connectivity index (χ2n) is 11.2. The van der Waals surface area contributed by atoms with Crippen molar-refractivity contribution in [3.8, 4) is 33.9 Å². The predicted molar refractivity (Wildman–Crippen MR) is 157 cm³/mol. The molecule has 7 heterocycles. The summed E-state index contributed by atoms with van der Waals surface area (Å²) in [5.41, 5.74) is 12.2. The Bertz CT molecular complexity index is 2510. The summed E-state index contributed by atoms with van der Waals surface area (Å²) in [5.74, 6) is 1.81. The van der Waals surface area contributed by atoms with Gasteiger partial charge < -0.3 is 4.74 Å². The highest BCUT2D eigenvalue weighted by Crippen LogP contribution is 2.58. The maximum atomic E-state index is 6.76. The van der Waals surface area contributed by atoms with Gasteiger partial charge in [0.15, 0.2) is 22.7 Å². The van der Waals surface area contributed by atoms with E-state index in [4.69, 9.17) is 9.72 Å². The molecule has 8 aromatic rings. The van der Waals surface area contributed by atoms with Gasteiger partial charge in [0.2, 0.25) is 5.69 Å². The molecule has 0 amide bonds. The van der Waals surface area contributed by atoms with Crippen molar-refractivity contribution < 1.29 is 13.9 Å². The molecule has 0 radical (unpaired) electrons. The van der Waals surface area contributed by atoms with Crippen molar-refractivity contribution in [1.82, 2.24) is 9.38 Å². The van der Waals surface area contributed by atoms with E-state index < -0.39 is 5.66 Å². The average molecular weight is 525 g/mol. The van der Waals surface area contributed by atoms with Gasteiger partial charge >= 0.3 is 11.3 Å². The third kappa shape index (κ3) is 2.07. The van der Waals surface area contributed by atoms with Crippen molar-refractivity contribution >= 4 is 38.5 Å². The molecule has 11 rings (SSSR count). The summed E-state index contributed by atoms with van der Waals surface area (Å²) < 4.78 is 14.2. The molecule has 41 heavy (non-hydrogen) atoms. The van der Waals surface area contributed by atoms with Gasteiger partial charge in [-0.3, -0.25) is 4.98 Å². The third-order valence-corrected chi connectivity index (χ3v) is 9.41. The Morgan fingerprint density at radius 3 is 2.51 bits per heavy atom. The van der Waals surface area contributed by atoms with Crippen molar-refractivity contribution in [2.24, 2.45) is 0 Å². The molecule has 3 aliphatic heterocycles. The fourth-order valence-corrected chi connectivity index (χ4v) is 8.00. The van der Waals surface area contributed by atoms with Gasteiger partial charge in [0.25, 0.3) is 0 Å². The fraction of sp³-hybridized carbons (Fsp3) is 0.0278. The number of ether oxygens (including phenoxy) is 1. The van der Waals surface area contributed by atoms with Crippen LogP contribution in [0.15, 0.2) is 122 Å². The van der Waals surface area contributed by atoms with Crippen molar-refractivity contribution in [1.29, 1.82) is 0 Å². The molecule has 188 valence electrons. The Labute approximate surface area is 233 Å². The van der Waals surface area contributed by atoms with Gasteiger partial charge in [-0.2, -0.15) is 4.40 Å². The Kier molecular flexibility index (Phi) is 3.28. The fourth-order valence-electron chi connectivity index (χ4n) is 8.00. The van der Waals surface area contributed by atoms with E-state index in [1.165, 1.54) is 55.6 Å². The van der Waals surface area contributed by atoms with Crippen LogP contribution in [0, 0.1) is 0 Å². The van der Waals surface area contributed by atoms with E-state index in [2.05, 4.69) is 123 Å². The lowest BCUT2D eigenvalue weighted by atomic mass is 9.86. The minimum Gasteiger partial charge on any atom is -0.456 e. The summed E-state index contributed by atoms with van der Waals surface area (Å²) in [6.07, 6.45) is 4.18. The van der Waals surface area contributed by atoms with Crippen LogP contribution in [-0.2, 0) is 5.66 Å². The lowest BCUT2D eigenvalue weighted by Gasteiger charge is -2.28. The van der Waals surface area contributed by atoms with Crippen LogP contribution >= 0.6 is 0 Å². The maximum Gasteiger partial charge on any atom is 0.372 e. The predicted octanol–water partition coefficient (Wildman–Crippen LogP) is 6.73. The van der Waals surface area contributed by atoms with Crippen LogP contribution in [0.5, 0.6) is 11.5 Å². The summed E-state index contributed by atoms with van der Waals surface area (Å²) in [5, 5.41) is 2.36. The number of pyridine rings is 3.